The average molecular weight is 505 g/mol. The molecule has 0 bridgehead atoms. The molecule has 0 amide bonds. The zero-order valence-corrected chi connectivity index (χ0v) is 20.7. The second-order valence-electron chi connectivity index (χ2n) is 7.12. The van der Waals surface area contributed by atoms with Crippen molar-refractivity contribution < 1.29 is 21.5 Å². The standard InChI is InChI=1S/C23H26N3OS2.BrH/c1-4-6-13-25-14-11-17(12-15-25)16-20-26(5-2)22(27)21(29-20)23-24(3)18-9-7-8-10-19(18)28-23;/h7-12,14-16H,4-6,13H2,1-3H3;1H/q+1;/p-1/b23-21+;. The highest BCUT2D eigenvalue weighted by molar-refractivity contribution is 8.08. The van der Waals surface area contributed by atoms with E-state index in [2.05, 4.69) is 59.1 Å². The number of hydrogen-bond donors (Lipinski definition) is 0. The Morgan fingerprint density at radius 3 is 2.50 bits per heavy atom. The lowest BCUT2D eigenvalue weighted by molar-refractivity contribution is -0.697. The van der Waals surface area contributed by atoms with Crippen LogP contribution in [-0.4, -0.2) is 11.6 Å². The highest BCUT2D eigenvalue weighted by Gasteiger charge is 2.24. The lowest BCUT2D eigenvalue weighted by Gasteiger charge is -2.11. The number of fused-ring (bicyclic) bond motifs is 1. The number of unbranched alkanes of at least 4 members (excludes halogenated alkanes) is 1. The van der Waals surface area contributed by atoms with E-state index in [0.29, 0.717) is 6.54 Å². The third-order valence-electron chi connectivity index (χ3n) is 5.14. The quantitative estimate of drug-likeness (QED) is 0.464. The Kier molecular flexibility index (Phi) is 7.60. The van der Waals surface area contributed by atoms with Gasteiger partial charge in [-0.05, 0) is 30.7 Å². The molecule has 1 aliphatic rings. The second kappa shape index (κ2) is 9.98. The van der Waals surface area contributed by atoms with Gasteiger partial charge in [0.25, 0.3) is 5.56 Å². The maximum Gasteiger partial charge on any atom is 0.271 e. The van der Waals surface area contributed by atoms with Crippen molar-refractivity contribution in [3.05, 3.63) is 73.9 Å². The second-order valence-corrected chi connectivity index (χ2v) is 9.18. The van der Waals surface area contributed by atoms with E-state index in [1.54, 1.807) is 23.1 Å². The number of pyridine rings is 1. The van der Waals surface area contributed by atoms with Crippen molar-refractivity contribution in [2.75, 3.05) is 11.9 Å². The third kappa shape index (κ3) is 4.43. The Morgan fingerprint density at radius 2 is 1.83 bits per heavy atom. The predicted molar refractivity (Wildman–Crippen MR) is 123 cm³/mol. The van der Waals surface area contributed by atoms with Gasteiger partial charge in [-0.1, -0.05) is 37.2 Å². The monoisotopic (exact) mass is 503 g/mol. The van der Waals surface area contributed by atoms with Gasteiger partial charge < -0.3 is 21.9 Å². The van der Waals surface area contributed by atoms with Crippen molar-refractivity contribution in [2.24, 2.45) is 0 Å². The Balaban J connectivity index is 0.00000256. The van der Waals surface area contributed by atoms with Crippen LogP contribution in [0.25, 0.3) is 11.1 Å². The first-order valence-electron chi connectivity index (χ1n) is 10.1. The van der Waals surface area contributed by atoms with E-state index in [-0.39, 0.29) is 22.5 Å². The van der Waals surface area contributed by atoms with Gasteiger partial charge in [0.1, 0.15) is 16.1 Å². The number of hydrogen-bond acceptors (Lipinski definition) is 4. The molecule has 0 saturated carbocycles. The summed E-state index contributed by atoms with van der Waals surface area (Å²) in [6.07, 6.45) is 8.74. The van der Waals surface area contributed by atoms with Crippen molar-refractivity contribution in [2.45, 2.75) is 44.7 Å². The number of benzene rings is 1. The molecule has 0 unspecified atom stereocenters. The summed E-state index contributed by atoms with van der Waals surface area (Å²) in [6, 6.07) is 12.5. The van der Waals surface area contributed by atoms with Gasteiger partial charge in [-0.3, -0.25) is 9.36 Å². The molecule has 3 aromatic rings. The van der Waals surface area contributed by atoms with E-state index in [1.807, 2.05) is 30.7 Å². The lowest BCUT2D eigenvalue weighted by atomic mass is 10.2. The van der Waals surface area contributed by atoms with E-state index >= 15 is 0 Å². The molecule has 0 saturated heterocycles. The smallest absolute Gasteiger partial charge is 0.271 e. The normalized spacial score (nSPS) is 15.3. The van der Waals surface area contributed by atoms with Crippen LogP contribution in [0.4, 0.5) is 5.69 Å². The number of aryl methyl sites for hydroxylation is 1. The van der Waals surface area contributed by atoms with Crippen molar-refractivity contribution in [1.29, 1.82) is 0 Å². The first kappa shape index (κ1) is 22.8. The molecule has 2 aromatic heterocycles. The van der Waals surface area contributed by atoms with Crippen LogP contribution in [0, 0.1) is 0 Å². The minimum Gasteiger partial charge on any atom is -1.00 e. The molecule has 7 heteroatoms. The minimum absolute atomic E-state index is 0. The number of anilines is 1. The van der Waals surface area contributed by atoms with Gasteiger partial charge in [0.15, 0.2) is 12.4 Å². The van der Waals surface area contributed by atoms with E-state index in [4.69, 9.17) is 0 Å². The number of thiazole rings is 1. The summed E-state index contributed by atoms with van der Waals surface area (Å²) in [4.78, 5) is 16.5. The first-order valence-corrected chi connectivity index (χ1v) is 11.7. The fourth-order valence-electron chi connectivity index (χ4n) is 3.47. The summed E-state index contributed by atoms with van der Waals surface area (Å²) in [7, 11) is 2.04. The molecule has 1 aromatic carbocycles. The molecule has 0 aliphatic carbocycles. The van der Waals surface area contributed by atoms with Crippen LogP contribution in [0.2, 0.25) is 0 Å². The van der Waals surface area contributed by atoms with Gasteiger partial charge in [-0.2, -0.15) is 0 Å². The third-order valence-corrected chi connectivity index (χ3v) is 7.62. The van der Waals surface area contributed by atoms with Crippen LogP contribution >= 0.6 is 23.1 Å². The molecule has 0 radical (unpaired) electrons. The molecule has 158 valence electrons. The number of nitrogens with zero attached hydrogens (tertiary/aromatic N) is 3. The maximum absolute atomic E-state index is 13.2. The average Bonchev–Trinajstić information content (AvgIpc) is 3.24. The fourth-order valence-corrected chi connectivity index (χ4v) is 5.94. The molecule has 4 rings (SSSR count). The van der Waals surface area contributed by atoms with Crippen molar-refractivity contribution in [1.82, 2.24) is 4.57 Å². The maximum atomic E-state index is 13.2. The molecule has 0 spiro atoms. The van der Waals surface area contributed by atoms with E-state index in [9.17, 15) is 4.79 Å². The highest BCUT2D eigenvalue weighted by Crippen LogP contribution is 2.44. The number of halogens is 1. The van der Waals surface area contributed by atoms with Crippen molar-refractivity contribution in [3.8, 4) is 0 Å². The zero-order chi connectivity index (χ0) is 20.4. The molecular weight excluding hydrogens is 478 g/mol. The predicted octanol–water partition coefficient (Wildman–Crippen LogP) is 0.158. The Labute approximate surface area is 196 Å². The number of thioether (sulfide) groups is 1. The Hall–Kier alpha value is -1.83. The van der Waals surface area contributed by atoms with Crippen LogP contribution in [-0.2, 0) is 13.1 Å². The van der Waals surface area contributed by atoms with Crippen LogP contribution in [0.15, 0.2) is 58.5 Å². The van der Waals surface area contributed by atoms with Crippen LogP contribution < -0.4 is 41.2 Å². The summed E-state index contributed by atoms with van der Waals surface area (Å²) >= 11 is 3.27. The largest absolute Gasteiger partial charge is 1.00 e. The van der Waals surface area contributed by atoms with E-state index in [0.717, 1.165) is 32.0 Å². The van der Waals surface area contributed by atoms with Crippen LogP contribution in [0.3, 0.4) is 0 Å². The first-order chi connectivity index (χ1) is 14.1. The molecule has 0 atom stereocenters. The molecule has 1 aliphatic heterocycles. The Morgan fingerprint density at radius 1 is 1.10 bits per heavy atom. The van der Waals surface area contributed by atoms with Gasteiger partial charge in [0, 0.05) is 37.0 Å². The molecule has 0 N–H and O–H groups in total. The molecule has 0 fully saturated rings. The highest BCUT2D eigenvalue weighted by atomic mass is 79.9. The Bertz CT molecular complexity index is 1200. The summed E-state index contributed by atoms with van der Waals surface area (Å²) in [5.74, 6) is 0. The van der Waals surface area contributed by atoms with Crippen LogP contribution in [0.1, 0.15) is 32.3 Å². The van der Waals surface area contributed by atoms with Gasteiger partial charge in [-0.15, -0.1) is 11.3 Å². The van der Waals surface area contributed by atoms with Crippen molar-refractivity contribution >= 4 is 39.9 Å². The summed E-state index contributed by atoms with van der Waals surface area (Å²) in [5, 5.41) is 1.02. The van der Waals surface area contributed by atoms with Crippen LogP contribution in [0.5, 0.6) is 0 Å². The molecular formula is C23H26BrN3OS2. The van der Waals surface area contributed by atoms with Crippen molar-refractivity contribution in [3.63, 3.8) is 0 Å². The minimum atomic E-state index is 0. The summed E-state index contributed by atoms with van der Waals surface area (Å²) in [5.41, 5.74) is 2.38. The number of rotatable bonds is 5. The fraction of sp³-hybridized carbons (Fsp3) is 0.304. The SMILES string of the molecule is CCCC[n+]1ccc(/C=c2\s/c(=C3/Sc4ccccc4N3C)c(=O)n2CC)cc1.[Br-]. The molecule has 3 heterocycles. The van der Waals surface area contributed by atoms with Gasteiger partial charge in [0.2, 0.25) is 0 Å². The lowest BCUT2D eigenvalue weighted by Crippen LogP contribution is -3.00. The topological polar surface area (TPSA) is 29.1 Å². The van der Waals surface area contributed by atoms with Gasteiger partial charge >= 0.3 is 0 Å². The number of aromatic nitrogens is 2. The zero-order valence-electron chi connectivity index (χ0n) is 17.5. The van der Waals surface area contributed by atoms with E-state index in [1.165, 1.54) is 17.7 Å². The molecule has 4 nitrogen and oxygen atoms in total. The molecule has 30 heavy (non-hydrogen) atoms. The summed E-state index contributed by atoms with van der Waals surface area (Å²) in [6.45, 7) is 5.95. The van der Waals surface area contributed by atoms with E-state index < -0.39 is 0 Å². The number of para-hydroxylation sites is 1. The summed E-state index contributed by atoms with van der Waals surface area (Å²) < 4.78 is 5.90. The van der Waals surface area contributed by atoms with Gasteiger partial charge in [-0.25, -0.2) is 4.57 Å². The van der Waals surface area contributed by atoms with Gasteiger partial charge in [0.05, 0.1) is 10.4 Å².